The number of likely N-dealkylation sites (N-methyl/N-ethyl adjacent to an activating group) is 1. The van der Waals surface area contributed by atoms with Gasteiger partial charge in [0.15, 0.2) is 0 Å². The Morgan fingerprint density at radius 2 is 1.81 bits per heavy atom. The Bertz CT molecular complexity index is 430. The third-order valence-electron chi connectivity index (χ3n) is 3.33. The van der Waals surface area contributed by atoms with Crippen molar-refractivity contribution in [2.24, 2.45) is 11.7 Å². The van der Waals surface area contributed by atoms with Crippen LogP contribution in [0, 0.1) is 5.92 Å². The smallest absolute Gasteiger partial charge is 0.0400 e. The van der Waals surface area contributed by atoms with Crippen molar-refractivity contribution in [1.29, 1.82) is 0 Å². The molecule has 0 amide bonds. The number of halogens is 1. The van der Waals surface area contributed by atoms with E-state index in [1.165, 1.54) is 11.3 Å². The summed E-state index contributed by atoms with van der Waals surface area (Å²) in [6, 6.07) is 6.73. The fraction of sp³-hybridized carbons (Fsp3) is 0.647. The molecule has 0 aliphatic heterocycles. The van der Waals surface area contributed by atoms with Crippen molar-refractivity contribution in [2.75, 3.05) is 38.6 Å². The standard InChI is InChI=1S/C17H30BrN3/c1-13(2)12-21(9-8-20(4)5)17-7-6-16(18)11-15(17)10-14(3)19/h6-7,11,13-14H,8-10,12,19H2,1-5H3. The van der Waals surface area contributed by atoms with Gasteiger partial charge in [-0.3, -0.25) is 0 Å². The molecule has 1 aromatic carbocycles. The minimum Gasteiger partial charge on any atom is -0.370 e. The molecule has 1 unspecified atom stereocenters. The third-order valence-corrected chi connectivity index (χ3v) is 3.82. The van der Waals surface area contributed by atoms with Gasteiger partial charge < -0.3 is 15.5 Å². The Morgan fingerprint density at radius 1 is 1.14 bits per heavy atom. The second kappa shape index (κ2) is 8.76. The molecule has 0 bridgehead atoms. The molecule has 0 aliphatic rings. The van der Waals surface area contributed by atoms with Crippen LogP contribution < -0.4 is 10.6 Å². The summed E-state index contributed by atoms with van der Waals surface area (Å²) in [6.07, 6.45) is 0.908. The lowest BCUT2D eigenvalue weighted by molar-refractivity contribution is 0.409. The summed E-state index contributed by atoms with van der Waals surface area (Å²) < 4.78 is 1.12. The van der Waals surface area contributed by atoms with Crippen molar-refractivity contribution in [3.05, 3.63) is 28.2 Å². The van der Waals surface area contributed by atoms with E-state index in [-0.39, 0.29) is 6.04 Å². The zero-order valence-corrected chi connectivity index (χ0v) is 15.7. The van der Waals surface area contributed by atoms with Crippen molar-refractivity contribution in [3.8, 4) is 0 Å². The Labute approximate surface area is 138 Å². The molecule has 2 N–H and O–H groups in total. The summed E-state index contributed by atoms with van der Waals surface area (Å²) in [6.45, 7) is 9.78. The van der Waals surface area contributed by atoms with Crippen molar-refractivity contribution < 1.29 is 0 Å². The molecule has 0 saturated carbocycles. The minimum absolute atomic E-state index is 0.174. The van der Waals surface area contributed by atoms with Crippen molar-refractivity contribution >= 4 is 21.6 Å². The predicted molar refractivity (Wildman–Crippen MR) is 97.1 cm³/mol. The molecule has 0 aliphatic carbocycles. The monoisotopic (exact) mass is 355 g/mol. The number of hydrogen-bond donors (Lipinski definition) is 1. The molecule has 3 nitrogen and oxygen atoms in total. The van der Waals surface area contributed by atoms with Gasteiger partial charge in [-0.15, -0.1) is 0 Å². The van der Waals surface area contributed by atoms with Crippen LogP contribution in [0.4, 0.5) is 5.69 Å². The van der Waals surface area contributed by atoms with Crippen LogP contribution in [0.2, 0.25) is 0 Å². The summed E-state index contributed by atoms with van der Waals surface area (Å²) in [4.78, 5) is 4.73. The van der Waals surface area contributed by atoms with Gasteiger partial charge in [-0.25, -0.2) is 0 Å². The summed E-state index contributed by atoms with van der Waals surface area (Å²) in [7, 11) is 4.25. The van der Waals surface area contributed by atoms with Gasteiger partial charge in [0.1, 0.15) is 0 Å². The summed E-state index contributed by atoms with van der Waals surface area (Å²) in [5.74, 6) is 0.638. The first-order valence-corrected chi connectivity index (χ1v) is 8.52. The van der Waals surface area contributed by atoms with Gasteiger partial charge in [0.2, 0.25) is 0 Å². The molecule has 0 fully saturated rings. The molecule has 0 aromatic heterocycles. The van der Waals surface area contributed by atoms with Crippen LogP contribution in [0.1, 0.15) is 26.3 Å². The van der Waals surface area contributed by atoms with E-state index in [9.17, 15) is 0 Å². The van der Waals surface area contributed by atoms with E-state index < -0.39 is 0 Å². The van der Waals surface area contributed by atoms with E-state index in [2.05, 4.69) is 78.8 Å². The van der Waals surface area contributed by atoms with Gasteiger partial charge in [0, 0.05) is 35.8 Å². The average molecular weight is 356 g/mol. The lowest BCUT2D eigenvalue weighted by Crippen LogP contribution is -2.35. The van der Waals surface area contributed by atoms with Gasteiger partial charge in [-0.2, -0.15) is 0 Å². The molecule has 0 radical (unpaired) electrons. The lowest BCUT2D eigenvalue weighted by Gasteiger charge is -2.30. The second-order valence-electron chi connectivity index (χ2n) is 6.60. The fourth-order valence-corrected chi connectivity index (χ4v) is 2.85. The van der Waals surface area contributed by atoms with E-state index in [0.717, 1.165) is 30.5 Å². The highest BCUT2D eigenvalue weighted by Gasteiger charge is 2.14. The lowest BCUT2D eigenvalue weighted by atomic mass is 10.0. The van der Waals surface area contributed by atoms with Crippen LogP contribution in [-0.4, -0.2) is 44.7 Å². The minimum atomic E-state index is 0.174. The van der Waals surface area contributed by atoms with Crippen molar-refractivity contribution in [1.82, 2.24) is 4.90 Å². The van der Waals surface area contributed by atoms with E-state index >= 15 is 0 Å². The van der Waals surface area contributed by atoms with Crippen LogP contribution in [0.5, 0.6) is 0 Å². The predicted octanol–water partition coefficient (Wildman–Crippen LogP) is 3.36. The number of nitrogens with two attached hydrogens (primary N) is 1. The molecule has 1 atom stereocenters. The maximum Gasteiger partial charge on any atom is 0.0400 e. The Kier molecular flexibility index (Phi) is 7.71. The molecule has 0 heterocycles. The van der Waals surface area contributed by atoms with E-state index in [1.807, 2.05) is 0 Å². The first-order valence-electron chi connectivity index (χ1n) is 7.73. The molecule has 21 heavy (non-hydrogen) atoms. The number of rotatable bonds is 8. The van der Waals surface area contributed by atoms with Gasteiger partial charge in [-0.05, 0) is 57.1 Å². The van der Waals surface area contributed by atoms with E-state index in [4.69, 9.17) is 5.73 Å². The second-order valence-corrected chi connectivity index (χ2v) is 7.51. The first kappa shape index (κ1) is 18.5. The maximum atomic E-state index is 6.02. The normalized spacial score (nSPS) is 13.0. The Hall–Kier alpha value is -0.580. The van der Waals surface area contributed by atoms with Gasteiger partial charge >= 0.3 is 0 Å². The molecule has 1 rings (SSSR count). The highest BCUT2D eigenvalue weighted by atomic mass is 79.9. The number of nitrogens with zero attached hydrogens (tertiary/aromatic N) is 2. The van der Waals surface area contributed by atoms with Crippen molar-refractivity contribution in [3.63, 3.8) is 0 Å². The number of anilines is 1. The zero-order chi connectivity index (χ0) is 16.0. The largest absolute Gasteiger partial charge is 0.370 e. The van der Waals surface area contributed by atoms with Gasteiger partial charge in [0.25, 0.3) is 0 Å². The van der Waals surface area contributed by atoms with Gasteiger partial charge in [-0.1, -0.05) is 29.8 Å². The topological polar surface area (TPSA) is 32.5 Å². The van der Waals surface area contributed by atoms with Crippen LogP contribution in [-0.2, 0) is 6.42 Å². The zero-order valence-electron chi connectivity index (χ0n) is 14.1. The van der Waals surface area contributed by atoms with E-state index in [1.54, 1.807) is 0 Å². The van der Waals surface area contributed by atoms with Gasteiger partial charge in [0.05, 0.1) is 0 Å². The molecule has 1 aromatic rings. The number of hydrogen-bond acceptors (Lipinski definition) is 3. The molecule has 120 valence electrons. The van der Waals surface area contributed by atoms with Crippen LogP contribution >= 0.6 is 15.9 Å². The molecular weight excluding hydrogens is 326 g/mol. The van der Waals surface area contributed by atoms with Crippen LogP contribution in [0.3, 0.4) is 0 Å². The summed E-state index contributed by atoms with van der Waals surface area (Å²) in [5.41, 5.74) is 8.68. The third kappa shape index (κ3) is 6.81. The molecule has 0 spiro atoms. The summed E-state index contributed by atoms with van der Waals surface area (Å²) in [5, 5.41) is 0. The summed E-state index contributed by atoms with van der Waals surface area (Å²) >= 11 is 3.58. The fourth-order valence-electron chi connectivity index (χ4n) is 2.44. The quantitative estimate of drug-likeness (QED) is 0.775. The highest BCUT2D eigenvalue weighted by molar-refractivity contribution is 9.10. The SMILES string of the molecule is CC(C)CN(CCN(C)C)c1ccc(Br)cc1CC(C)N. The highest BCUT2D eigenvalue weighted by Crippen LogP contribution is 2.26. The first-order chi connectivity index (χ1) is 9.79. The maximum absolute atomic E-state index is 6.02. The average Bonchev–Trinajstić information content (AvgIpc) is 2.33. The Morgan fingerprint density at radius 3 is 2.33 bits per heavy atom. The number of benzene rings is 1. The van der Waals surface area contributed by atoms with Crippen LogP contribution in [0.25, 0.3) is 0 Å². The molecule has 4 heteroatoms. The van der Waals surface area contributed by atoms with Crippen molar-refractivity contribution in [2.45, 2.75) is 33.2 Å². The molecular formula is C17H30BrN3. The van der Waals surface area contributed by atoms with E-state index in [0.29, 0.717) is 5.92 Å². The Balaban J connectivity index is 3.03. The molecule has 0 saturated heterocycles. The van der Waals surface area contributed by atoms with Crippen LogP contribution in [0.15, 0.2) is 22.7 Å².